The SMILES string of the molecule is COC(=O)CN(CCCCCCCCCCC[Si](OC)(OC)OC)CC(=O)OC. The van der Waals surface area contributed by atoms with Crippen LogP contribution >= 0.6 is 0 Å². The number of methoxy groups -OCH3 is 2. The van der Waals surface area contributed by atoms with E-state index in [0.717, 1.165) is 31.7 Å². The number of ether oxygens (including phenoxy) is 2. The smallest absolute Gasteiger partial charge is 0.468 e. The number of hydrogen-bond acceptors (Lipinski definition) is 8. The molecule has 0 aromatic heterocycles. The summed E-state index contributed by atoms with van der Waals surface area (Å²) in [4.78, 5) is 24.7. The maximum atomic E-state index is 11.4. The summed E-state index contributed by atoms with van der Waals surface area (Å²) in [5.41, 5.74) is 0. The molecule has 0 atom stereocenters. The lowest BCUT2D eigenvalue weighted by Crippen LogP contribution is -2.42. The fourth-order valence-electron chi connectivity index (χ4n) is 3.18. The minimum absolute atomic E-state index is 0.116. The maximum Gasteiger partial charge on any atom is 0.500 e. The molecule has 0 bridgehead atoms. The zero-order chi connectivity index (χ0) is 22.0. The van der Waals surface area contributed by atoms with E-state index < -0.39 is 8.80 Å². The molecule has 0 N–H and O–H groups in total. The van der Waals surface area contributed by atoms with E-state index in [0.29, 0.717) is 6.54 Å². The minimum atomic E-state index is -2.40. The van der Waals surface area contributed by atoms with Crippen molar-refractivity contribution in [1.82, 2.24) is 4.90 Å². The van der Waals surface area contributed by atoms with E-state index >= 15 is 0 Å². The number of carbonyl (C=O) groups is 2. The second-order valence-electron chi connectivity index (χ2n) is 7.09. The first-order valence-corrected chi connectivity index (χ1v) is 12.4. The molecular weight excluding hydrogens is 394 g/mol. The van der Waals surface area contributed by atoms with E-state index in [4.69, 9.17) is 13.3 Å². The highest BCUT2D eigenvalue weighted by Crippen LogP contribution is 2.18. The lowest BCUT2D eigenvalue weighted by molar-refractivity contribution is -0.145. The molecule has 0 saturated heterocycles. The summed E-state index contributed by atoms with van der Waals surface area (Å²) in [5, 5.41) is 0. The molecule has 0 saturated carbocycles. The fraction of sp³-hybridized carbons (Fsp3) is 0.900. The molecule has 0 rings (SSSR count). The normalized spacial score (nSPS) is 11.7. The zero-order valence-electron chi connectivity index (χ0n) is 19.0. The van der Waals surface area contributed by atoms with Gasteiger partial charge in [-0.05, 0) is 19.4 Å². The number of carbonyl (C=O) groups excluding carboxylic acids is 2. The molecule has 172 valence electrons. The predicted molar refractivity (Wildman–Crippen MR) is 114 cm³/mol. The van der Waals surface area contributed by atoms with Crippen molar-refractivity contribution in [2.24, 2.45) is 0 Å². The largest absolute Gasteiger partial charge is 0.500 e. The summed E-state index contributed by atoms with van der Waals surface area (Å²) in [5.74, 6) is -0.675. The molecule has 8 nitrogen and oxygen atoms in total. The first kappa shape index (κ1) is 28.0. The molecule has 0 aromatic carbocycles. The molecule has 0 aromatic rings. The van der Waals surface area contributed by atoms with Gasteiger partial charge in [0.1, 0.15) is 0 Å². The van der Waals surface area contributed by atoms with E-state index in [1.54, 1.807) is 26.2 Å². The standard InChI is InChI=1S/C20H41NO7Si/c1-24-19(22)17-21(18-20(23)25-2)15-13-11-9-7-6-8-10-12-14-16-29(26-3,27-4)28-5/h6-18H2,1-5H3. The summed E-state index contributed by atoms with van der Waals surface area (Å²) in [7, 11) is 5.27. The van der Waals surface area contributed by atoms with E-state index in [1.165, 1.54) is 46.3 Å². The summed E-state index contributed by atoms with van der Waals surface area (Å²) < 4.78 is 25.7. The molecule has 0 aliphatic heterocycles. The minimum Gasteiger partial charge on any atom is -0.468 e. The van der Waals surface area contributed by atoms with Crippen LogP contribution in [0.15, 0.2) is 0 Å². The van der Waals surface area contributed by atoms with Crippen molar-refractivity contribution in [3.05, 3.63) is 0 Å². The van der Waals surface area contributed by atoms with Crippen molar-refractivity contribution in [3.63, 3.8) is 0 Å². The summed E-state index contributed by atoms with van der Waals surface area (Å²) in [6, 6.07) is 0.865. The number of hydrogen-bond donors (Lipinski definition) is 0. The van der Waals surface area contributed by atoms with Crippen LogP contribution in [0.1, 0.15) is 57.8 Å². The number of esters is 2. The lowest BCUT2D eigenvalue weighted by atomic mass is 10.1. The van der Waals surface area contributed by atoms with Gasteiger partial charge in [-0.25, -0.2) is 0 Å². The highest BCUT2D eigenvalue weighted by Gasteiger charge is 2.36. The Morgan fingerprint density at radius 3 is 1.38 bits per heavy atom. The van der Waals surface area contributed by atoms with Crippen molar-refractivity contribution in [3.8, 4) is 0 Å². The first-order valence-electron chi connectivity index (χ1n) is 10.5. The van der Waals surface area contributed by atoms with Gasteiger partial charge in [0.25, 0.3) is 0 Å². The lowest BCUT2D eigenvalue weighted by Gasteiger charge is -2.24. The van der Waals surface area contributed by atoms with Crippen molar-refractivity contribution in [2.45, 2.75) is 63.8 Å². The number of unbranched alkanes of at least 4 members (excludes halogenated alkanes) is 8. The Bertz CT molecular complexity index is 407. The van der Waals surface area contributed by atoms with Crippen LogP contribution in [-0.2, 0) is 32.3 Å². The van der Waals surface area contributed by atoms with Gasteiger partial charge in [-0.2, -0.15) is 0 Å². The van der Waals surface area contributed by atoms with Crippen LogP contribution in [0.2, 0.25) is 6.04 Å². The molecule has 0 heterocycles. The van der Waals surface area contributed by atoms with Gasteiger partial charge in [0.2, 0.25) is 0 Å². The van der Waals surface area contributed by atoms with Gasteiger partial charge >= 0.3 is 20.7 Å². The second kappa shape index (κ2) is 17.8. The maximum absolute atomic E-state index is 11.4. The monoisotopic (exact) mass is 435 g/mol. The van der Waals surface area contributed by atoms with Gasteiger partial charge in [0, 0.05) is 27.4 Å². The second-order valence-corrected chi connectivity index (χ2v) is 10.2. The number of nitrogens with zero attached hydrogens (tertiary/aromatic N) is 1. The topological polar surface area (TPSA) is 83.5 Å². The quantitative estimate of drug-likeness (QED) is 0.174. The van der Waals surface area contributed by atoms with Gasteiger partial charge < -0.3 is 22.8 Å². The third kappa shape index (κ3) is 13.8. The van der Waals surface area contributed by atoms with E-state index in [1.807, 2.05) is 0 Å². The molecule has 0 amide bonds. The van der Waals surface area contributed by atoms with Crippen LogP contribution < -0.4 is 0 Å². The molecule has 0 aliphatic rings. The molecule has 9 heteroatoms. The van der Waals surface area contributed by atoms with Crippen molar-refractivity contribution >= 4 is 20.7 Å². The summed E-state index contributed by atoms with van der Waals surface area (Å²) in [6.45, 7) is 0.921. The van der Waals surface area contributed by atoms with E-state index in [-0.39, 0.29) is 25.0 Å². The van der Waals surface area contributed by atoms with Crippen LogP contribution in [0.5, 0.6) is 0 Å². The first-order chi connectivity index (χ1) is 14.0. The van der Waals surface area contributed by atoms with Crippen molar-refractivity contribution in [1.29, 1.82) is 0 Å². The van der Waals surface area contributed by atoms with Crippen LogP contribution in [0.4, 0.5) is 0 Å². The summed E-state index contributed by atoms with van der Waals surface area (Å²) in [6.07, 6.45) is 10.3. The Balaban J connectivity index is 3.74. The zero-order valence-corrected chi connectivity index (χ0v) is 20.0. The van der Waals surface area contributed by atoms with Gasteiger partial charge in [0.15, 0.2) is 0 Å². The fourth-order valence-corrected chi connectivity index (χ4v) is 4.97. The van der Waals surface area contributed by atoms with E-state index in [9.17, 15) is 9.59 Å². The van der Waals surface area contributed by atoms with Crippen molar-refractivity contribution < 1.29 is 32.3 Å². The Hall–Kier alpha value is -1.00. The average Bonchev–Trinajstić information content (AvgIpc) is 2.74. The molecule has 29 heavy (non-hydrogen) atoms. The van der Waals surface area contributed by atoms with E-state index in [2.05, 4.69) is 9.47 Å². The number of rotatable bonds is 19. The summed E-state index contributed by atoms with van der Waals surface area (Å²) >= 11 is 0. The van der Waals surface area contributed by atoms with Gasteiger partial charge in [-0.3, -0.25) is 14.5 Å². The third-order valence-electron chi connectivity index (χ3n) is 5.05. The van der Waals surface area contributed by atoms with Crippen LogP contribution in [0.25, 0.3) is 0 Å². The van der Waals surface area contributed by atoms with Gasteiger partial charge in [-0.15, -0.1) is 0 Å². The Kier molecular flexibility index (Phi) is 17.2. The molecular formula is C20H41NO7Si. The molecule has 0 spiro atoms. The molecule has 0 radical (unpaired) electrons. The van der Waals surface area contributed by atoms with Gasteiger partial charge in [-0.1, -0.05) is 44.9 Å². The molecule has 0 fully saturated rings. The Morgan fingerprint density at radius 2 is 1.00 bits per heavy atom. The molecule has 0 aliphatic carbocycles. The third-order valence-corrected chi connectivity index (χ3v) is 7.88. The average molecular weight is 436 g/mol. The Labute approximate surface area is 177 Å². The highest BCUT2D eigenvalue weighted by molar-refractivity contribution is 6.60. The van der Waals surface area contributed by atoms with Crippen LogP contribution in [0.3, 0.4) is 0 Å². The van der Waals surface area contributed by atoms with Crippen LogP contribution in [0, 0.1) is 0 Å². The Morgan fingerprint density at radius 1 is 0.621 bits per heavy atom. The van der Waals surface area contributed by atoms with Gasteiger partial charge in [0.05, 0.1) is 27.3 Å². The highest BCUT2D eigenvalue weighted by atomic mass is 28.4. The van der Waals surface area contributed by atoms with Crippen molar-refractivity contribution in [2.75, 3.05) is 55.2 Å². The molecule has 0 unspecified atom stereocenters. The van der Waals surface area contributed by atoms with Crippen LogP contribution in [-0.4, -0.2) is 80.8 Å². The predicted octanol–water partition coefficient (Wildman–Crippen LogP) is 3.02.